The molecule has 8 aromatic rings. The fourth-order valence-electron chi connectivity index (χ4n) is 6.81. The fourth-order valence-corrected chi connectivity index (χ4v) is 7.22. The molecule has 2 heterocycles. The normalized spacial score (nSPS) is 11.8. The van der Waals surface area contributed by atoms with Gasteiger partial charge in [0.25, 0.3) is 0 Å². The van der Waals surface area contributed by atoms with Crippen molar-refractivity contribution in [3.8, 4) is 22.5 Å². The lowest BCUT2D eigenvalue weighted by molar-refractivity contribution is 1.17. The van der Waals surface area contributed by atoms with Crippen molar-refractivity contribution in [2.24, 2.45) is 0 Å². The quantitative estimate of drug-likeness (QED) is 0.264. The first kappa shape index (κ1) is 29.3. The minimum Gasteiger partial charge on any atom is -0.311 e. The highest BCUT2D eigenvalue weighted by Crippen LogP contribution is 2.38. The van der Waals surface area contributed by atoms with Gasteiger partial charge in [-0.15, -0.1) is 10.9 Å². The minimum atomic E-state index is 0.186. The lowest BCUT2D eigenvalue weighted by atomic mass is 9.65. The van der Waals surface area contributed by atoms with Gasteiger partial charge in [0, 0.05) is 42.9 Å². The van der Waals surface area contributed by atoms with E-state index in [2.05, 4.69) is 99.4 Å². The van der Waals surface area contributed by atoms with Crippen molar-refractivity contribution < 1.29 is 0 Å². The molecule has 2 aromatic heterocycles. The molecule has 14 radical (unpaired) electrons. The molecule has 0 unspecified atom stereocenters. The molecule has 0 spiro atoms. The molecule has 2 nitrogen and oxygen atoms in total. The van der Waals surface area contributed by atoms with Crippen LogP contribution in [-0.4, -0.2) is 64.1 Å². The summed E-state index contributed by atoms with van der Waals surface area (Å²) >= 11 is 3.52. The van der Waals surface area contributed by atoms with E-state index in [1.54, 1.807) is 0 Å². The topological polar surface area (TPSA) is 9.86 Å². The predicted octanol–water partition coefficient (Wildman–Crippen LogP) is 1.87. The molecule has 10 heteroatoms. The second-order valence-corrected chi connectivity index (χ2v) is 12.2. The van der Waals surface area contributed by atoms with Crippen molar-refractivity contribution in [2.45, 2.75) is 0 Å². The van der Waals surface area contributed by atoms with Crippen LogP contribution in [0.4, 0.5) is 0 Å². The Kier molecular flexibility index (Phi) is 6.81. The van der Waals surface area contributed by atoms with Crippen molar-refractivity contribution in [1.82, 2.24) is 9.13 Å². The van der Waals surface area contributed by atoms with Gasteiger partial charge >= 0.3 is 0 Å². The van der Waals surface area contributed by atoms with Gasteiger partial charge in [-0.05, 0) is 41.3 Å². The Hall–Kier alpha value is -4.15. The van der Waals surface area contributed by atoms with Crippen LogP contribution in [0.5, 0.6) is 0 Å². The Balaban J connectivity index is 1.51. The van der Waals surface area contributed by atoms with E-state index in [4.69, 9.17) is 54.9 Å². The van der Waals surface area contributed by atoms with E-state index in [0.29, 0.717) is 42.7 Å². The molecule has 198 valence electrons. The van der Waals surface area contributed by atoms with Crippen LogP contribution in [0.15, 0.2) is 102 Å². The molecular weight excluding hydrogens is 616 g/mol. The zero-order chi connectivity index (χ0) is 32.0. The molecule has 0 saturated heterocycles. The Morgan fingerprint density at radius 1 is 0.457 bits per heavy atom. The molecule has 0 aliphatic carbocycles. The Bertz CT molecular complexity index is 2490. The summed E-state index contributed by atoms with van der Waals surface area (Å²) in [5, 5.41) is 3.25. The summed E-state index contributed by atoms with van der Waals surface area (Å²) in [6.45, 7) is 0. The van der Waals surface area contributed by atoms with E-state index in [1.807, 2.05) is 22.8 Å². The Morgan fingerprint density at radius 3 is 1.80 bits per heavy atom. The molecule has 0 bridgehead atoms. The zero-order valence-electron chi connectivity index (χ0n) is 24.6. The highest BCUT2D eigenvalue weighted by Gasteiger charge is 2.24. The van der Waals surface area contributed by atoms with E-state index in [1.165, 1.54) is 0 Å². The maximum atomic E-state index is 6.74. The van der Waals surface area contributed by atoms with Crippen molar-refractivity contribution in [1.29, 1.82) is 0 Å². The van der Waals surface area contributed by atoms with Gasteiger partial charge in [-0.2, -0.15) is 0 Å². The van der Waals surface area contributed by atoms with E-state index >= 15 is 0 Å². The van der Waals surface area contributed by atoms with Crippen LogP contribution in [0.25, 0.3) is 66.1 Å². The van der Waals surface area contributed by atoms with Gasteiger partial charge in [0.1, 0.15) is 54.9 Å². The molecule has 0 atom stereocenters. The number of benzene rings is 6. The number of para-hydroxylation sites is 2. The molecule has 0 aliphatic rings. The summed E-state index contributed by atoms with van der Waals surface area (Å²) in [4.78, 5) is 0. The van der Waals surface area contributed by atoms with Gasteiger partial charge in [-0.25, -0.2) is 0 Å². The van der Waals surface area contributed by atoms with E-state index in [0.717, 1.165) is 44.3 Å². The smallest absolute Gasteiger partial charge is 0.116 e. The van der Waals surface area contributed by atoms with E-state index in [9.17, 15) is 0 Å². The number of halogens is 1. The van der Waals surface area contributed by atoms with Gasteiger partial charge in [0.2, 0.25) is 0 Å². The van der Waals surface area contributed by atoms with Gasteiger partial charge in [-0.1, -0.05) is 110 Å². The standard InChI is InChI=1S/C36H16B7BrN2/c37-27-25-26-28(38)34(44)31(41)33(43)36(26)45(35(25)32(42)30(40)29(27)39)18-14-15-24-21(16-18)20-11-5-7-13-23(20)46(24)22-12-6-4-10-19(22)17-8-2-1-3-9-17/h1-16H. The molecule has 46 heavy (non-hydrogen) atoms. The number of rotatable bonds is 3. The molecule has 0 fully saturated rings. The number of hydrogen-bond donors (Lipinski definition) is 0. The minimum absolute atomic E-state index is 0.186. The predicted molar refractivity (Wildman–Crippen MR) is 206 cm³/mol. The maximum Gasteiger partial charge on any atom is 0.116 e. The van der Waals surface area contributed by atoms with Crippen LogP contribution >= 0.6 is 15.9 Å². The van der Waals surface area contributed by atoms with Crippen LogP contribution in [0.3, 0.4) is 0 Å². The highest BCUT2D eigenvalue weighted by atomic mass is 79.9. The molecule has 0 N–H and O–H groups in total. The highest BCUT2D eigenvalue weighted by molar-refractivity contribution is 9.10. The van der Waals surface area contributed by atoms with E-state index < -0.39 is 0 Å². The Morgan fingerprint density at radius 2 is 1.04 bits per heavy atom. The van der Waals surface area contributed by atoms with Gasteiger partial charge < -0.3 is 9.13 Å². The average Bonchev–Trinajstić information content (AvgIpc) is 3.62. The fraction of sp³-hybridized carbons (Fsp3) is 0. The Labute approximate surface area is 284 Å². The molecule has 0 amide bonds. The monoisotopic (exact) mass is 632 g/mol. The summed E-state index contributed by atoms with van der Waals surface area (Å²) in [5.41, 5.74) is 9.22. The van der Waals surface area contributed by atoms with Gasteiger partial charge in [0.05, 0.1) is 16.7 Å². The third kappa shape index (κ3) is 3.99. The first-order valence-corrected chi connectivity index (χ1v) is 15.4. The summed E-state index contributed by atoms with van der Waals surface area (Å²) in [6, 6.07) is 33.4. The SMILES string of the molecule is [B]c1c([B])c([B])c2c(c1[B])c1c([B])c(Br)c([B])c([B])c1n2-c1ccc2c(c1)c1ccccc1n2-c1ccccc1-c1ccccc1. The maximum absolute atomic E-state index is 6.74. The van der Waals surface area contributed by atoms with E-state index in [-0.39, 0.29) is 21.9 Å². The lowest BCUT2D eigenvalue weighted by Gasteiger charge is -2.17. The van der Waals surface area contributed by atoms with Crippen molar-refractivity contribution >= 4 is 153 Å². The average molecular weight is 632 g/mol. The second kappa shape index (κ2) is 10.7. The number of hydrogen-bond acceptors (Lipinski definition) is 0. The second-order valence-electron chi connectivity index (χ2n) is 11.4. The van der Waals surface area contributed by atoms with Crippen LogP contribution in [0.2, 0.25) is 0 Å². The van der Waals surface area contributed by atoms with Crippen LogP contribution < -0.4 is 38.2 Å². The number of aromatic nitrogens is 2. The van der Waals surface area contributed by atoms with Gasteiger partial charge in [0.15, 0.2) is 0 Å². The summed E-state index contributed by atoms with van der Waals surface area (Å²) in [7, 11) is 46.0. The third-order valence-corrected chi connectivity index (χ3v) is 9.85. The summed E-state index contributed by atoms with van der Waals surface area (Å²) in [6.07, 6.45) is 0. The molecular formula is C36H16B7BrN2. The third-order valence-electron chi connectivity index (χ3n) is 9.00. The van der Waals surface area contributed by atoms with Crippen LogP contribution in [0.1, 0.15) is 0 Å². The van der Waals surface area contributed by atoms with Crippen molar-refractivity contribution in [3.63, 3.8) is 0 Å². The largest absolute Gasteiger partial charge is 0.311 e. The van der Waals surface area contributed by atoms with Crippen LogP contribution in [0, 0.1) is 0 Å². The molecule has 8 rings (SSSR count). The number of nitrogens with zero attached hydrogens (tertiary/aromatic N) is 2. The molecule has 0 saturated carbocycles. The zero-order valence-corrected chi connectivity index (χ0v) is 26.1. The summed E-state index contributed by atoms with van der Waals surface area (Å²) < 4.78 is 4.71. The van der Waals surface area contributed by atoms with Crippen LogP contribution in [-0.2, 0) is 0 Å². The number of fused-ring (bicyclic) bond motifs is 6. The van der Waals surface area contributed by atoms with Gasteiger partial charge in [-0.3, -0.25) is 0 Å². The van der Waals surface area contributed by atoms with Crippen molar-refractivity contribution in [2.75, 3.05) is 0 Å². The lowest BCUT2D eigenvalue weighted by Crippen LogP contribution is -2.48. The first-order chi connectivity index (χ1) is 22.2. The molecule has 6 aromatic carbocycles. The summed E-state index contributed by atoms with van der Waals surface area (Å²) in [5.74, 6) is 0. The first-order valence-electron chi connectivity index (χ1n) is 14.6. The van der Waals surface area contributed by atoms with Crippen molar-refractivity contribution in [3.05, 3.63) is 102 Å². The molecule has 0 aliphatic heterocycles.